The molecule has 0 spiro atoms. The highest BCUT2D eigenvalue weighted by Crippen LogP contribution is 1.97. The minimum Gasteiger partial charge on any atom is -0.370 e. The van der Waals surface area contributed by atoms with Crippen LogP contribution in [-0.2, 0) is 6.54 Å². The van der Waals surface area contributed by atoms with Crippen LogP contribution in [0.4, 0.5) is 0 Å². The second-order valence-electron chi connectivity index (χ2n) is 2.38. The van der Waals surface area contributed by atoms with Gasteiger partial charge in [-0.1, -0.05) is 11.3 Å². The van der Waals surface area contributed by atoms with Crippen LogP contribution in [0, 0.1) is 0 Å². The molecule has 1 rings (SSSR count). The van der Waals surface area contributed by atoms with E-state index in [1.54, 1.807) is 5.38 Å². The zero-order valence-corrected chi connectivity index (χ0v) is 8.04. The Labute approximate surface area is 83.4 Å². The summed E-state index contributed by atoms with van der Waals surface area (Å²) < 4.78 is 0. The third-order valence-corrected chi connectivity index (χ3v) is 1.94. The highest BCUT2D eigenvalue weighted by atomic mass is 32.1. The van der Waals surface area contributed by atoms with Crippen LogP contribution in [0.3, 0.4) is 0 Å². The molecule has 0 radical (unpaired) electrons. The lowest BCUT2D eigenvalue weighted by Crippen LogP contribution is -2.26. The van der Waals surface area contributed by atoms with Gasteiger partial charge in [0.25, 0.3) is 0 Å². The van der Waals surface area contributed by atoms with Crippen LogP contribution in [0.15, 0.2) is 20.2 Å². The van der Waals surface area contributed by atoms with E-state index in [2.05, 4.69) is 15.0 Å². The summed E-state index contributed by atoms with van der Waals surface area (Å²) in [4.78, 5) is 20.5. The maximum atomic E-state index is 10.7. The van der Waals surface area contributed by atoms with Crippen LogP contribution >= 0.6 is 11.3 Å². The van der Waals surface area contributed by atoms with Crippen LogP contribution in [0.25, 0.3) is 0 Å². The number of thiazole rings is 1. The maximum Gasteiger partial charge on any atom is 0.304 e. The van der Waals surface area contributed by atoms with Crippen molar-refractivity contribution in [2.45, 2.75) is 6.54 Å². The first-order valence-corrected chi connectivity index (χ1v) is 4.52. The van der Waals surface area contributed by atoms with Gasteiger partial charge in [0.2, 0.25) is 5.96 Å². The first kappa shape index (κ1) is 10.3. The van der Waals surface area contributed by atoms with E-state index in [0.29, 0.717) is 5.69 Å². The molecule has 0 aliphatic carbocycles. The normalized spacial score (nSPS) is 11.3. The number of hydrogen-bond donors (Lipinski definition) is 4. The van der Waals surface area contributed by atoms with Crippen molar-refractivity contribution in [3.63, 3.8) is 0 Å². The molecule has 7 nitrogen and oxygen atoms in total. The number of aromatic nitrogens is 1. The van der Waals surface area contributed by atoms with E-state index in [9.17, 15) is 4.79 Å². The van der Waals surface area contributed by atoms with Gasteiger partial charge in [-0.25, -0.2) is 4.99 Å². The number of hydrogen-bond acceptors (Lipinski definition) is 3. The summed E-state index contributed by atoms with van der Waals surface area (Å²) in [6.07, 6.45) is 0. The maximum absolute atomic E-state index is 10.7. The predicted octanol–water partition coefficient (Wildman–Crippen LogP) is -1.48. The lowest BCUT2D eigenvalue weighted by Gasteiger charge is -1.93. The molecule has 0 aliphatic rings. The molecule has 0 saturated carbocycles. The minimum absolute atomic E-state index is 0.0166. The third kappa shape index (κ3) is 3.27. The highest BCUT2D eigenvalue weighted by Gasteiger charge is 1.95. The zero-order valence-electron chi connectivity index (χ0n) is 7.23. The summed E-state index contributed by atoms with van der Waals surface area (Å²) in [6.45, 7) is 0.251. The van der Waals surface area contributed by atoms with Gasteiger partial charge in [-0.3, -0.25) is 4.79 Å². The van der Waals surface area contributed by atoms with Gasteiger partial charge < -0.3 is 22.2 Å². The fraction of sp³-hybridized carbons (Fsp3) is 0.167. The van der Waals surface area contributed by atoms with Crippen molar-refractivity contribution in [2.24, 2.45) is 27.2 Å². The monoisotopic (exact) mass is 214 g/mol. The minimum atomic E-state index is -0.148. The Morgan fingerprint density at radius 2 is 2.21 bits per heavy atom. The van der Waals surface area contributed by atoms with Crippen molar-refractivity contribution in [1.29, 1.82) is 0 Å². The molecule has 0 amide bonds. The smallest absolute Gasteiger partial charge is 0.304 e. The summed E-state index contributed by atoms with van der Waals surface area (Å²) in [7, 11) is 0. The number of aromatic amines is 1. The summed E-state index contributed by atoms with van der Waals surface area (Å²) in [6, 6.07) is 0. The molecule has 1 aromatic heterocycles. The molecule has 7 N–H and O–H groups in total. The van der Waals surface area contributed by atoms with Gasteiger partial charge in [-0.05, 0) is 0 Å². The van der Waals surface area contributed by atoms with Crippen molar-refractivity contribution in [1.82, 2.24) is 4.98 Å². The van der Waals surface area contributed by atoms with Crippen molar-refractivity contribution < 1.29 is 0 Å². The van der Waals surface area contributed by atoms with Gasteiger partial charge in [-0.15, -0.1) is 0 Å². The fourth-order valence-corrected chi connectivity index (χ4v) is 1.30. The second kappa shape index (κ2) is 4.42. The summed E-state index contributed by atoms with van der Waals surface area (Å²) in [5.41, 5.74) is 16.2. The average Bonchev–Trinajstić information content (AvgIpc) is 2.47. The third-order valence-electron chi connectivity index (χ3n) is 1.23. The topological polar surface area (TPSA) is 136 Å². The number of nitrogens with zero attached hydrogens (tertiary/aromatic N) is 2. The largest absolute Gasteiger partial charge is 0.370 e. The molecular weight excluding hydrogens is 204 g/mol. The van der Waals surface area contributed by atoms with Crippen LogP contribution in [-0.4, -0.2) is 16.9 Å². The van der Waals surface area contributed by atoms with Gasteiger partial charge in [0.15, 0.2) is 5.96 Å². The first-order valence-electron chi connectivity index (χ1n) is 3.64. The molecule has 14 heavy (non-hydrogen) atoms. The van der Waals surface area contributed by atoms with Crippen LogP contribution in [0.5, 0.6) is 0 Å². The van der Waals surface area contributed by atoms with E-state index >= 15 is 0 Å². The highest BCUT2D eigenvalue weighted by molar-refractivity contribution is 7.07. The Bertz CT molecular complexity index is 412. The molecule has 0 aliphatic heterocycles. The Morgan fingerprint density at radius 3 is 2.71 bits per heavy atom. The number of H-pyrrole nitrogens is 1. The molecule has 0 unspecified atom stereocenters. The van der Waals surface area contributed by atoms with Crippen molar-refractivity contribution >= 4 is 23.3 Å². The zero-order chi connectivity index (χ0) is 10.6. The van der Waals surface area contributed by atoms with Gasteiger partial charge in [-0.2, -0.15) is 4.99 Å². The molecule has 0 bridgehead atoms. The Kier molecular flexibility index (Phi) is 3.24. The fourth-order valence-electron chi connectivity index (χ4n) is 0.725. The van der Waals surface area contributed by atoms with Gasteiger partial charge in [0, 0.05) is 5.38 Å². The molecule has 0 saturated heterocycles. The van der Waals surface area contributed by atoms with E-state index in [1.165, 1.54) is 0 Å². The van der Waals surface area contributed by atoms with E-state index < -0.39 is 0 Å². The number of nitrogens with one attached hydrogen (secondary N) is 1. The van der Waals surface area contributed by atoms with E-state index in [1.807, 2.05) is 0 Å². The number of aliphatic imine (C=N–C) groups is 2. The van der Waals surface area contributed by atoms with Crippen molar-refractivity contribution in [2.75, 3.05) is 0 Å². The molecule has 1 heterocycles. The predicted molar refractivity (Wildman–Crippen MR) is 56.1 cm³/mol. The number of rotatable bonds is 2. The van der Waals surface area contributed by atoms with Gasteiger partial charge in [0.05, 0.1) is 12.2 Å². The Hall–Kier alpha value is -1.83. The Morgan fingerprint density at radius 1 is 1.50 bits per heavy atom. The van der Waals surface area contributed by atoms with E-state index in [0.717, 1.165) is 11.3 Å². The molecule has 76 valence electrons. The first-order chi connectivity index (χ1) is 6.58. The lowest BCUT2D eigenvalue weighted by molar-refractivity contribution is 0.992. The standard InChI is InChI=1S/C6H10N6OS/c7-4(8)12-5(9)10-1-3-2-14-6(13)11-3/h2H,1H2,(H,11,13)(H6,7,8,9,10,12). The molecular formula is C6H10N6OS. The SMILES string of the molecule is NC(N)=NC(N)=NCc1csc(=O)[nH]1. The summed E-state index contributed by atoms with van der Waals surface area (Å²) in [5.74, 6) is -0.165. The molecule has 1 aromatic rings. The second-order valence-corrected chi connectivity index (χ2v) is 3.23. The Balaban J connectivity index is 2.63. The lowest BCUT2D eigenvalue weighted by atomic mass is 10.5. The summed E-state index contributed by atoms with van der Waals surface area (Å²) in [5, 5.41) is 1.66. The number of guanidine groups is 2. The van der Waals surface area contributed by atoms with Crippen molar-refractivity contribution in [3.05, 3.63) is 20.7 Å². The van der Waals surface area contributed by atoms with Crippen LogP contribution in [0.1, 0.15) is 5.69 Å². The van der Waals surface area contributed by atoms with E-state index in [4.69, 9.17) is 17.2 Å². The molecule has 8 heteroatoms. The number of nitrogens with two attached hydrogens (primary N) is 3. The van der Waals surface area contributed by atoms with Crippen LogP contribution < -0.4 is 22.1 Å². The molecule has 0 aromatic carbocycles. The van der Waals surface area contributed by atoms with E-state index in [-0.39, 0.29) is 23.3 Å². The molecule has 0 atom stereocenters. The quantitative estimate of drug-likeness (QED) is 0.352. The van der Waals surface area contributed by atoms with Gasteiger partial charge >= 0.3 is 4.87 Å². The van der Waals surface area contributed by atoms with Crippen molar-refractivity contribution in [3.8, 4) is 0 Å². The molecule has 0 fully saturated rings. The average molecular weight is 214 g/mol. The van der Waals surface area contributed by atoms with Gasteiger partial charge in [0.1, 0.15) is 0 Å². The van der Waals surface area contributed by atoms with Crippen LogP contribution in [0.2, 0.25) is 0 Å². The summed E-state index contributed by atoms with van der Waals surface area (Å²) >= 11 is 1.06.